The summed E-state index contributed by atoms with van der Waals surface area (Å²) in [7, 11) is 0. The maximum Gasteiger partial charge on any atom is 0.317 e. The van der Waals surface area contributed by atoms with E-state index in [1.54, 1.807) is 0 Å². The van der Waals surface area contributed by atoms with Gasteiger partial charge in [-0.1, -0.05) is 0 Å². The second-order valence-corrected chi connectivity index (χ2v) is 2.64. The zero-order valence-corrected chi connectivity index (χ0v) is 7.68. The van der Waals surface area contributed by atoms with Crippen LogP contribution in [0, 0.1) is 0 Å². The van der Waals surface area contributed by atoms with Crippen LogP contribution in [0.4, 0.5) is 0 Å². The molecule has 0 aromatic heterocycles. The van der Waals surface area contributed by atoms with Crippen LogP contribution in [0.3, 0.4) is 0 Å². The predicted molar refractivity (Wildman–Crippen MR) is 54.0 cm³/mol. The van der Waals surface area contributed by atoms with Crippen LogP contribution in [-0.2, 0) is 9.59 Å². The molecule has 0 aliphatic rings. The molecule has 0 aromatic rings. The Bertz CT molecular complexity index is 160. The van der Waals surface area contributed by atoms with Gasteiger partial charge >= 0.3 is 11.8 Å². The summed E-state index contributed by atoms with van der Waals surface area (Å²) in [6.45, 7) is 7.75. The smallest absolute Gasteiger partial charge is 0.231 e. The third-order valence-corrected chi connectivity index (χ3v) is 2.29. The van der Waals surface area contributed by atoms with Crippen molar-refractivity contribution in [3.63, 3.8) is 0 Å². The molecular formula is C8H20NO2Si+. The van der Waals surface area contributed by atoms with Gasteiger partial charge < -0.3 is 0 Å². The lowest BCUT2D eigenvalue weighted by Crippen LogP contribution is -2.54. The van der Waals surface area contributed by atoms with E-state index in [2.05, 4.69) is 0 Å². The Kier molecular flexibility index (Phi) is 6.11. The van der Waals surface area contributed by atoms with Gasteiger partial charge in [0.15, 0.2) is 0 Å². The molecular weight excluding hydrogens is 170 g/mol. The lowest BCUT2D eigenvalue weighted by atomic mass is 10.3. The lowest BCUT2D eigenvalue weighted by Gasteiger charge is -2.28. The van der Waals surface area contributed by atoms with Crippen LogP contribution in [0.2, 0.25) is 0 Å². The summed E-state index contributed by atoms with van der Waals surface area (Å²) < 4.78 is -0.0278. The molecule has 0 rings (SSSR count). The highest BCUT2D eigenvalue weighted by molar-refractivity contribution is 5.81. The van der Waals surface area contributed by atoms with Crippen molar-refractivity contribution in [1.82, 2.24) is 0 Å². The fourth-order valence-corrected chi connectivity index (χ4v) is 1.34. The molecule has 0 heterocycles. The lowest BCUT2D eigenvalue weighted by molar-refractivity contribution is -0.773. The summed E-state index contributed by atoms with van der Waals surface area (Å²) in [6, 6.07) is 0. The molecule has 0 unspecified atom stereocenters. The molecule has 3 nitrogen and oxygen atoms in total. The standard InChI is InChI=1S/C8H16NO2.H4Si/c1-5-9(6-2,7(3)10)8(4)11;/h5-6H2,1-4H3;1H4/q+1;. The molecule has 0 saturated carbocycles. The SMILES string of the molecule is CC[N+](CC)(C(C)=O)C(C)=O.[SiH4]. The van der Waals surface area contributed by atoms with E-state index in [-0.39, 0.29) is 27.3 Å². The highest BCUT2D eigenvalue weighted by Crippen LogP contribution is 2.07. The van der Waals surface area contributed by atoms with Crippen molar-refractivity contribution in [3.8, 4) is 0 Å². The van der Waals surface area contributed by atoms with Gasteiger partial charge in [-0.25, -0.2) is 9.59 Å². The van der Waals surface area contributed by atoms with Gasteiger partial charge in [-0.15, -0.1) is 0 Å². The Balaban J connectivity index is 0. The van der Waals surface area contributed by atoms with E-state index in [0.29, 0.717) is 13.1 Å². The van der Waals surface area contributed by atoms with E-state index in [1.165, 1.54) is 13.8 Å². The minimum atomic E-state index is -0.0671. The summed E-state index contributed by atoms with van der Waals surface area (Å²) in [6.07, 6.45) is 0. The minimum Gasteiger partial charge on any atom is -0.231 e. The first-order chi connectivity index (χ1) is 5.01. The number of rotatable bonds is 2. The van der Waals surface area contributed by atoms with Crippen LogP contribution < -0.4 is 0 Å². The molecule has 72 valence electrons. The Morgan fingerprint density at radius 3 is 1.25 bits per heavy atom. The van der Waals surface area contributed by atoms with Crippen molar-refractivity contribution in [2.24, 2.45) is 0 Å². The number of amides is 2. The Hall–Kier alpha value is -0.483. The molecule has 0 bridgehead atoms. The van der Waals surface area contributed by atoms with Gasteiger partial charge in [-0.05, 0) is 24.8 Å². The largest absolute Gasteiger partial charge is 0.317 e. The van der Waals surface area contributed by atoms with E-state index >= 15 is 0 Å². The molecule has 12 heavy (non-hydrogen) atoms. The molecule has 2 amide bonds. The van der Waals surface area contributed by atoms with Gasteiger partial charge in [0.25, 0.3) is 0 Å². The van der Waals surface area contributed by atoms with E-state index in [1.807, 2.05) is 13.8 Å². The quantitative estimate of drug-likeness (QED) is 0.434. The summed E-state index contributed by atoms with van der Waals surface area (Å²) in [5.41, 5.74) is 0. The molecule has 0 spiro atoms. The van der Waals surface area contributed by atoms with Gasteiger partial charge in [-0.3, -0.25) is 0 Å². The molecule has 4 heteroatoms. The number of hydrogen-bond acceptors (Lipinski definition) is 2. The maximum atomic E-state index is 11.1. The van der Waals surface area contributed by atoms with Gasteiger partial charge in [-0.2, -0.15) is 4.48 Å². The molecule has 0 atom stereocenters. The van der Waals surface area contributed by atoms with Crippen molar-refractivity contribution in [2.75, 3.05) is 13.1 Å². The second kappa shape index (κ2) is 5.21. The number of carbonyl (C=O) groups is 2. The minimum absolute atomic E-state index is 0. The van der Waals surface area contributed by atoms with Crippen molar-refractivity contribution in [2.45, 2.75) is 27.7 Å². The first-order valence-corrected chi connectivity index (χ1v) is 3.90. The summed E-state index contributed by atoms with van der Waals surface area (Å²) >= 11 is 0. The van der Waals surface area contributed by atoms with E-state index < -0.39 is 0 Å². The third-order valence-electron chi connectivity index (χ3n) is 2.29. The topological polar surface area (TPSA) is 34.1 Å². The van der Waals surface area contributed by atoms with Crippen molar-refractivity contribution in [3.05, 3.63) is 0 Å². The van der Waals surface area contributed by atoms with Crippen LogP contribution >= 0.6 is 0 Å². The van der Waals surface area contributed by atoms with Gasteiger partial charge in [0, 0.05) is 0 Å². The zero-order valence-electron chi connectivity index (χ0n) is 7.68. The third kappa shape index (κ3) is 2.25. The van der Waals surface area contributed by atoms with E-state index in [4.69, 9.17) is 0 Å². The summed E-state index contributed by atoms with van der Waals surface area (Å²) in [5.74, 6) is -0.134. The molecule has 0 N–H and O–H groups in total. The number of quaternary nitrogens is 1. The fourth-order valence-electron chi connectivity index (χ4n) is 1.34. The van der Waals surface area contributed by atoms with Crippen LogP contribution in [0.15, 0.2) is 0 Å². The molecule has 0 aliphatic heterocycles. The second-order valence-electron chi connectivity index (χ2n) is 2.64. The Morgan fingerprint density at radius 1 is 1.00 bits per heavy atom. The maximum absolute atomic E-state index is 11.1. The van der Waals surface area contributed by atoms with Crippen molar-refractivity contribution < 1.29 is 14.1 Å². The number of imide groups is 1. The van der Waals surface area contributed by atoms with Crippen LogP contribution in [0.25, 0.3) is 0 Å². The van der Waals surface area contributed by atoms with E-state index in [9.17, 15) is 9.59 Å². The fraction of sp³-hybridized carbons (Fsp3) is 0.750. The van der Waals surface area contributed by atoms with Crippen molar-refractivity contribution >= 4 is 22.8 Å². The summed E-state index contributed by atoms with van der Waals surface area (Å²) in [4.78, 5) is 22.2. The number of hydrogen-bond donors (Lipinski definition) is 0. The highest BCUT2D eigenvalue weighted by Gasteiger charge is 2.34. The predicted octanol–water partition coefficient (Wildman–Crippen LogP) is -0.516. The molecule has 0 fully saturated rings. The average molecular weight is 190 g/mol. The van der Waals surface area contributed by atoms with Crippen LogP contribution in [0.5, 0.6) is 0 Å². The molecule has 0 aliphatic carbocycles. The first kappa shape index (κ1) is 14.1. The van der Waals surface area contributed by atoms with Crippen LogP contribution in [-0.4, -0.2) is 40.4 Å². The average Bonchev–Trinajstić information content (AvgIpc) is 1.90. The normalized spacial score (nSPS) is 10.3. The van der Waals surface area contributed by atoms with Gasteiger partial charge in [0.05, 0.1) is 26.9 Å². The van der Waals surface area contributed by atoms with Gasteiger partial charge in [0.2, 0.25) is 0 Å². The Morgan fingerprint density at radius 2 is 1.25 bits per heavy atom. The zero-order chi connectivity index (χ0) is 9.07. The molecule has 0 radical (unpaired) electrons. The highest BCUT2D eigenvalue weighted by atomic mass is 28.1. The number of nitrogens with zero attached hydrogens (tertiary/aromatic N) is 1. The van der Waals surface area contributed by atoms with Gasteiger partial charge in [0.1, 0.15) is 0 Å². The van der Waals surface area contributed by atoms with Crippen LogP contribution in [0.1, 0.15) is 27.7 Å². The van der Waals surface area contributed by atoms with Crippen molar-refractivity contribution in [1.29, 1.82) is 0 Å². The monoisotopic (exact) mass is 190 g/mol. The van der Waals surface area contributed by atoms with E-state index in [0.717, 1.165) is 0 Å². The number of carbonyl (C=O) groups excluding carboxylic acids is 2. The molecule has 0 saturated heterocycles. The summed E-state index contributed by atoms with van der Waals surface area (Å²) in [5, 5.41) is 0. The Labute approximate surface area is 78.4 Å². The molecule has 0 aromatic carbocycles. The first-order valence-electron chi connectivity index (χ1n) is 3.90.